The first-order valence-corrected chi connectivity index (χ1v) is 9.53. The van der Waals surface area contributed by atoms with Crippen LogP contribution in [-0.4, -0.2) is 59.2 Å². The van der Waals surface area contributed by atoms with Gasteiger partial charge in [-0.25, -0.2) is 0 Å². The number of aliphatic hydroxyl groups is 1. The number of aliphatic hydroxyl groups excluding tert-OH is 1. The summed E-state index contributed by atoms with van der Waals surface area (Å²) in [5.74, 6) is 1.21. The molecule has 1 N–H and O–H groups in total. The largest absolute Gasteiger partial charge is 0.468 e. The predicted molar refractivity (Wildman–Crippen MR) is 100 cm³/mol. The Morgan fingerprint density at radius 1 is 1.19 bits per heavy atom. The summed E-state index contributed by atoms with van der Waals surface area (Å²) < 4.78 is 5.51. The van der Waals surface area contributed by atoms with E-state index in [-0.39, 0.29) is 18.4 Å². The van der Waals surface area contributed by atoms with Crippen LogP contribution in [-0.2, 0) is 12.3 Å². The minimum atomic E-state index is -0.779. The molecule has 0 aliphatic carbocycles. The molecule has 0 saturated heterocycles. The molecule has 0 bridgehead atoms. The molecule has 2 aromatic rings. The molecular formula is C19H22N2O4S. The van der Waals surface area contributed by atoms with E-state index in [9.17, 15) is 14.7 Å². The number of fused-ring (bicyclic) bond motifs is 1. The van der Waals surface area contributed by atoms with E-state index in [0.717, 1.165) is 22.8 Å². The average molecular weight is 374 g/mol. The van der Waals surface area contributed by atoms with Crippen molar-refractivity contribution in [1.29, 1.82) is 0 Å². The third-order valence-electron chi connectivity index (χ3n) is 4.03. The van der Waals surface area contributed by atoms with Crippen LogP contribution in [0, 0.1) is 0 Å². The van der Waals surface area contributed by atoms with Crippen molar-refractivity contribution in [2.45, 2.75) is 18.4 Å². The molecular weight excluding hydrogens is 352 g/mol. The normalized spacial score (nSPS) is 15.0. The Balaban J connectivity index is 1.48. The molecule has 0 saturated carbocycles. The Kier molecular flexibility index (Phi) is 5.80. The van der Waals surface area contributed by atoms with E-state index in [0.29, 0.717) is 22.6 Å². The molecule has 1 aliphatic heterocycles. The van der Waals surface area contributed by atoms with E-state index < -0.39 is 6.10 Å². The fourth-order valence-corrected chi connectivity index (χ4v) is 3.76. The minimum Gasteiger partial charge on any atom is -0.468 e. The molecule has 6 nitrogen and oxygen atoms in total. The maximum absolute atomic E-state index is 12.3. The Bertz CT molecular complexity index is 767. The molecule has 0 spiro atoms. The van der Waals surface area contributed by atoms with Gasteiger partial charge in [0.1, 0.15) is 5.76 Å². The van der Waals surface area contributed by atoms with Crippen molar-refractivity contribution in [2.24, 2.45) is 0 Å². The number of thioether (sulfide) groups is 1. The van der Waals surface area contributed by atoms with E-state index in [1.165, 1.54) is 11.8 Å². The molecule has 7 heteroatoms. The lowest BCUT2D eigenvalue weighted by atomic mass is 10.1. The zero-order valence-corrected chi connectivity index (χ0v) is 15.7. The summed E-state index contributed by atoms with van der Waals surface area (Å²) in [6.07, 6.45) is 0.962. The van der Waals surface area contributed by atoms with Gasteiger partial charge in [0.15, 0.2) is 0 Å². The van der Waals surface area contributed by atoms with Crippen LogP contribution < -0.4 is 0 Å². The summed E-state index contributed by atoms with van der Waals surface area (Å²) in [4.78, 5) is 27.8. The van der Waals surface area contributed by atoms with Crippen molar-refractivity contribution in [3.8, 4) is 0 Å². The van der Waals surface area contributed by atoms with Gasteiger partial charge in [0.25, 0.3) is 11.8 Å². The summed E-state index contributed by atoms with van der Waals surface area (Å²) >= 11 is 1.51. The van der Waals surface area contributed by atoms with Crippen LogP contribution in [0.25, 0.3) is 0 Å². The van der Waals surface area contributed by atoms with Gasteiger partial charge in [0.2, 0.25) is 0 Å². The summed E-state index contributed by atoms with van der Waals surface area (Å²) in [6.45, 7) is 0.819. The Morgan fingerprint density at radius 3 is 2.46 bits per heavy atom. The van der Waals surface area contributed by atoms with Crippen LogP contribution >= 0.6 is 11.8 Å². The number of rotatable bonds is 8. The zero-order chi connectivity index (χ0) is 18.7. The molecule has 1 unspecified atom stereocenters. The van der Waals surface area contributed by atoms with E-state index in [1.807, 2.05) is 20.2 Å². The van der Waals surface area contributed by atoms with Crippen LogP contribution in [0.2, 0.25) is 0 Å². The topological polar surface area (TPSA) is 74.0 Å². The summed E-state index contributed by atoms with van der Waals surface area (Å²) in [7, 11) is 3.99. The molecule has 138 valence electrons. The van der Waals surface area contributed by atoms with Gasteiger partial charge in [0, 0.05) is 17.9 Å². The van der Waals surface area contributed by atoms with Crippen molar-refractivity contribution in [1.82, 2.24) is 9.80 Å². The quantitative estimate of drug-likeness (QED) is 0.715. The summed E-state index contributed by atoms with van der Waals surface area (Å²) in [5, 5.41) is 10.2. The van der Waals surface area contributed by atoms with Gasteiger partial charge in [-0.05, 0) is 32.3 Å². The van der Waals surface area contributed by atoms with Crippen LogP contribution in [0.3, 0.4) is 0 Å². The van der Waals surface area contributed by atoms with Gasteiger partial charge in [-0.15, -0.1) is 0 Å². The van der Waals surface area contributed by atoms with Gasteiger partial charge >= 0.3 is 0 Å². The molecule has 1 aromatic carbocycles. The highest BCUT2D eigenvalue weighted by atomic mass is 32.2. The summed E-state index contributed by atoms with van der Waals surface area (Å²) in [5.41, 5.74) is 1.92. The molecule has 2 heterocycles. The lowest BCUT2D eigenvalue weighted by Crippen LogP contribution is -2.37. The lowest BCUT2D eigenvalue weighted by Gasteiger charge is -2.18. The Hall–Kier alpha value is -2.09. The first-order valence-electron chi connectivity index (χ1n) is 8.37. The van der Waals surface area contributed by atoms with E-state index in [1.54, 1.807) is 30.5 Å². The molecule has 26 heavy (non-hydrogen) atoms. The first-order chi connectivity index (χ1) is 12.5. The third-order valence-corrected chi connectivity index (χ3v) is 5.14. The van der Waals surface area contributed by atoms with E-state index in [4.69, 9.17) is 4.42 Å². The third kappa shape index (κ3) is 4.17. The van der Waals surface area contributed by atoms with Crippen molar-refractivity contribution in [2.75, 3.05) is 26.4 Å². The Labute approximate surface area is 156 Å². The van der Waals surface area contributed by atoms with Gasteiger partial charge < -0.3 is 14.4 Å². The lowest BCUT2D eigenvalue weighted by molar-refractivity contribution is 0.0567. The fourth-order valence-electron chi connectivity index (χ4n) is 2.91. The second-order valence-corrected chi connectivity index (χ2v) is 7.62. The van der Waals surface area contributed by atoms with Gasteiger partial charge in [-0.2, -0.15) is 11.8 Å². The second kappa shape index (κ2) is 8.07. The van der Waals surface area contributed by atoms with E-state index in [2.05, 4.69) is 4.90 Å². The van der Waals surface area contributed by atoms with Crippen LogP contribution in [0.5, 0.6) is 0 Å². The number of nitrogens with zero attached hydrogens (tertiary/aromatic N) is 2. The highest BCUT2D eigenvalue weighted by Gasteiger charge is 2.35. The number of furan rings is 1. The van der Waals surface area contributed by atoms with E-state index >= 15 is 0 Å². The maximum Gasteiger partial charge on any atom is 0.261 e. The number of hydrogen-bond donors (Lipinski definition) is 1. The molecule has 1 aromatic heterocycles. The highest BCUT2D eigenvalue weighted by Crippen LogP contribution is 2.23. The fraction of sp³-hybridized carbons (Fsp3) is 0.368. The molecule has 1 aliphatic rings. The number of carbonyl (C=O) groups is 2. The predicted octanol–water partition coefficient (Wildman–Crippen LogP) is 2.23. The molecule has 0 fully saturated rings. The minimum absolute atomic E-state index is 0.00335. The molecule has 1 atom stereocenters. The monoisotopic (exact) mass is 374 g/mol. The second-order valence-electron chi connectivity index (χ2n) is 6.59. The number of β-amino-alcohol motifs (C(OH)–C–C–N with tert-alkyl or cyclic N) is 1. The van der Waals surface area contributed by atoms with Crippen molar-refractivity contribution in [3.63, 3.8) is 0 Å². The smallest absolute Gasteiger partial charge is 0.261 e. The number of benzene rings is 1. The first kappa shape index (κ1) is 18.7. The van der Waals surface area contributed by atoms with Gasteiger partial charge in [-0.1, -0.05) is 12.1 Å². The van der Waals surface area contributed by atoms with Crippen molar-refractivity contribution >= 4 is 23.6 Å². The average Bonchev–Trinajstić information content (AvgIpc) is 3.13. The van der Waals surface area contributed by atoms with Crippen LogP contribution in [0.15, 0.2) is 41.0 Å². The number of hydrogen-bond acceptors (Lipinski definition) is 6. The molecule has 3 rings (SSSR count). The number of imide groups is 1. The zero-order valence-electron chi connectivity index (χ0n) is 14.8. The molecule has 0 radical (unpaired) electrons. The number of carbonyl (C=O) groups excluding carboxylic acids is 2. The van der Waals surface area contributed by atoms with Crippen LogP contribution in [0.4, 0.5) is 0 Å². The van der Waals surface area contributed by atoms with Crippen LogP contribution in [0.1, 0.15) is 32.0 Å². The summed E-state index contributed by atoms with van der Waals surface area (Å²) in [6, 6.07) is 8.74. The SMILES string of the molecule is CN(C)Cc1coc(CSCC(O)CN2C(=O)c3ccccc3C2=O)c1. The molecule has 2 amide bonds. The van der Waals surface area contributed by atoms with Gasteiger partial charge in [0.05, 0.1) is 35.8 Å². The number of amides is 2. The maximum atomic E-state index is 12.3. The van der Waals surface area contributed by atoms with Crippen molar-refractivity contribution < 1.29 is 19.1 Å². The standard InChI is InChI=1S/C19H22N2O4S/c1-20(2)8-13-7-15(25-10-13)12-26-11-14(22)9-21-18(23)16-5-3-4-6-17(16)19(21)24/h3-7,10,14,22H,8-9,11-12H2,1-2H3. The highest BCUT2D eigenvalue weighted by molar-refractivity contribution is 7.98. The van der Waals surface area contributed by atoms with Crippen molar-refractivity contribution in [3.05, 3.63) is 59.0 Å². The Morgan fingerprint density at radius 2 is 1.85 bits per heavy atom. The van der Waals surface area contributed by atoms with Gasteiger partial charge in [-0.3, -0.25) is 14.5 Å².